The minimum absolute atomic E-state index is 0.0583. The average molecular weight is 404 g/mol. The Morgan fingerprint density at radius 3 is 2.55 bits per heavy atom. The smallest absolute Gasteiger partial charge is 0.325 e. The lowest BCUT2D eigenvalue weighted by Crippen LogP contribution is -2.45. The number of rotatable bonds is 6. The molecule has 29 heavy (non-hydrogen) atoms. The van der Waals surface area contributed by atoms with E-state index < -0.39 is 29.9 Å². The number of hydrogen-bond acceptors (Lipinski definition) is 6. The summed E-state index contributed by atoms with van der Waals surface area (Å²) in [7, 11) is 0. The molecule has 156 valence electrons. The molecule has 3 N–H and O–H groups in total. The molecule has 0 bridgehead atoms. The molecule has 1 aromatic rings. The third kappa shape index (κ3) is 4.25. The van der Waals surface area contributed by atoms with Crippen molar-refractivity contribution < 1.29 is 28.7 Å². The van der Waals surface area contributed by atoms with Crippen molar-refractivity contribution in [2.24, 2.45) is 0 Å². The molecule has 0 unspecified atom stereocenters. The quantitative estimate of drug-likeness (QED) is 0.567. The Labute approximate surface area is 167 Å². The summed E-state index contributed by atoms with van der Waals surface area (Å²) in [4.78, 5) is 49.9. The van der Waals surface area contributed by atoms with E-state index in [2.05, 4.69) is 16.0 Å². The Kier molecular flexibility index (Phi) is 5.62. The fourth-order valence-corrected chi connectivity index (χ4v) is 3.14. The van der Waals surface area contributed by atoms with Gasteiger partial charge in [-0.25, -0.2) is 4.79 Å². The van der Waals surface area contributed by atoms with Crippen LogP contribution in [0.4, 0.5) is 4.79 Å². The first-order valence-corrected chi connectivity index (χ1v) is 9.31. The van der Waals surface area contributed by atoms with Crippen LogP contribution < -0.4 is 25.4 Å². The highest BCUT2D eigenvalue weighted by Gasteiger charge is 2.49. The lowest BCUT2D eigenvalue weighted by molar-refractivity contribution is -0.135. The van der Waals surface area contributed by atoms with Crippen LogP contribution in [0.15, 0.2) is 18.2 Å². The molecule has 0 saturated carbocycles. The van der Waals surface area contributed by atoms with Gasteiger partial charge in [0.05, 0.1) is 6.54 Å². The van der Waals surface area contributed by atoms with Crippen molar-refractivity contribution in [1.29, 1.82) is 0 Å². The second-order valence-electron chi connectivity index (χ2n) is 7.30. The maximum absolute atomic E-state index is 12.9. The van der Waals surface area contributed by atoms with Gasteiger partial charge in [0.25, 0.3) is 5.91 Å². The Hall–Kier alpha value is -3.30. The monoisotopic (exact) mass is 404 g/mol. The molecule has 0 radical (unpaired) electrons. The fourth-order valence-electron chi connectivity index (χ4n) is 3.14. The van der Waals surface area contributed by atoms with Gasteiger partial charge < -0.3 is 25.4 Å². The van der Waals surface area contributed by atoms with Crippen molar-refractivity contribution in [3.63, 3.8) is 0 Å². The number of ether oxygens (including phenoxy) is 2. The Morgan fingerprint density at radius 1 is 1.17 bits per heavy atom. The summed E-state index contributed by atoms with van der Waals surface area (Å²) in [5.74, 6) is -0.480. The molecule has 2 heterocycles. The van der Waals surface area contributed by atoms with Crippen LogP contribution in [0.5, 0.6) is 11.5 Å². The molecule has 2 aliphatic heterocycles. The first kappa shape index (κ1) is 20.4. The SMILES string of the molecule is CC(C)NC(=O)CNC(=O)CN1C(=O)N[C@](C)(c2ccc3c(c2)OCCO3)C1=O. The van der Waals surface area contributed by atoms with E-state index in [9.17, 15) is 19.2 Å². The summed E-state index contributed by atoms with van der Waals surface area (Å²) in [6.07, 6.45) is 0. The normalized spacial score (nSPS) is 20.5. The fraction of sp³-hybridized carbons (Fsp3) is 0.474. The summed E-state index contributed by atoms with van der Waals surface area (Å²) < 4.78 is 11.0. The van der Waals surface area contributed by atoms with Crippen LogP contribution in [0.2, 0.25) is 0 Å². The van der Waals surface area contributed by atoms with E-state index >= 15 is 0 Å². The number of nitrogens with one attached hydrogen (secondary N) is 3. The highest BCUT2D eigenvalue weighted by Crippen LogP contribution is 2.36. The van der Waals surface area contributed by atoms with Gasteiger partial charge in [-0.05, 0) is 38.5 Å². The maximum Gasteiger partial charge on any atom is 0.325 e. The number of nitrogens with zero attached hydrogens (tertiary/aromatic N) is 1. The van der Waals surface area contributed by atoms with Gasteiger partial charge in [0.15, 0.2) is 11.5 Å². The van der Waals surface area contributed by atoms with E-state index in [1.54, 1.807) is 39.0 Å². The van der Waals surface area contributed by atoms with Crippen molar-refractivity contribution >= 4 is 23.8 Å². The molecule has 1 atom stereocenters. The maximum atomic E-state index is 12.9. The number of carbonyl (C=O) groups is 4. The lowest BCUT2D eigenvalue weighted by Gasteiger charge is -2.25. The minimum atomic E-state index is -1.35. The van der Waals surface area contributed by atoms with Crippen LogP contribution in [0, 0.1) is 0 Å². The van der Waals surface area contributed by atoms with E-state index in [0.717, 1.165) is 4.90 Å². The molecule has 3 rings (SSSR count). The first-order valence-electron chi connectivity index (χ1n) is 9.31. The number of amides is 5. The number of hydrogen-bond donors (Lipinski definition) is 3. The molecule has 1 aromatic carbocycles. The molecule has 0 aliphatic carbocycles. The zero-order valence-electron chi connectivity index (χ0n) is 16.5. The summed E-state index contributed by atoms with van der Waals surface area (Å²) in [6.45, 7) is 5.27. The largest absolute Gasteiger partial charge is 0.486 e. The second kappa shape index (κ2) is 7.98. The Morgan fingerprint density at radius 2 is 1.86 bits per heavy atom. The van der Waals surface area contributed by atoms with E-state index in [4.69, 9.17) is 9.47 Å². The van der Waals surface area contributed by atoms with Crippen molar-refractivity contribution in [2.75, 3.05) is 26.3 Å². The molecule has 0 aromatic heterocycles. The second-order valence-corrected chi connectivity index (χ2v) is 7.30. The molecule has 10 heteroatoms. The third-order valence-corrected chi connectivity index (χ3v) is 4.59. The molecule has 10 nitrogen and oxygen atoms in total. The van der Waals surface area contributed by atoms with Crippen LogP contribution in [0.1, 0.15) is 26.3 Å². The Bertz CT molecular complexity index is 855. The molecular formula is C19H24N4O6. The van der Waals surface area contributed by atoms with Crippen LogP contribution in [-0.4, -0.2) is 61.0 Å². The van der Waals surface area contributed by atoms with Gasteiger partial charge in [0, 0.05) is 6.04 Å². The van der Waals surface area contributed by atoms with Gasteiger partial charge in [-0.15, -0.1) is 0 Å². The van der Waals surface area contributed by atoms with Crippen LogP contribution >= 0.6 is 0 Å². The molecule has 5 amide bonds. The molecule has 1 fully saturated rings. The summed E-state index contributed by atoms with van der Waals surface area (Å²) in [6, 6.07) is 4.25. The van der Waals surface area contributed by atoms with Crippen LogP contribution in [0.25, 0.3) is 0 Å². The number of carbonyl (C=O) groups excluding carboxylic acids is 4. The molecule has 0 spiro atoms. The number of urea groups is 1. The molecule has 1 saturated heterocycles. The van der Waals surface area contributed by atoms with Gasteiger partial charge >= 0.3 is 6.03 Å². The van der Waals surface area contributed by atoms with Crippen molar-refractivity contribution in [3.8, 4) is 11.5 Å². The standard InChI is InChI=1S/C19H24N4O6/c1-11(2)21-15(24)9-20-16(25)10-23-17(26)19(3,22-18(23)27)12-4-5-13-14(8-12)29-7-6-28-13/h4-5,8,11H,6-7,9-10H2,1-3H3,(H,20,25)(H,21,24)(H,22,27)/t19-/m1/s1. The third-order valence-electron chi connectivity index (χ3n) is 4.59. The van der Waals surface area contributed by atoms with E-state index in [0.29, 0.717) is 30.3 Å². The van der Waals surface area contributed by atoms with Gasteiger partial charge in [0.2, 0.25) is 11.8 Å². The van der Waals surface area contributed by atoms with E-state index in [1.165, 1.54) is 0 Å². The summed E-state index contributed by atoms with van der Waals surface area (Å²) in [5.41, 5.74) is -0.832. The highest BCUT2D eigenvalue weighted by molar-refractivity contribution is 6.09. The molecule has 2 aliphatic rings. The van der Waals surface area contributed by atoms with Gasteiger partial charge in [-0.3, -0.25) is 19.3 Å². The number of fused-ring (bicyclic) bond motifs is 1. The minimum Gasteiger partial charge on any atom is -0.486 e. The predicted octanol–water partition coefficient (Wildman–Crippen LogP) is -0.134. The van der Waals surface area contributed by atoms with Crippen LogP contribution in [0.3, 0.4) is 0 Å². The average Bonchev–Trinajstić information content (AvgIpc) is 2.89. The first-order chi connectivity index (χ1) is 13.7. The summed E-state index contributed by atoms with van der Waals surface area (Å²) >= 11 is 0. The van der Waals surface area contributed by atoms with E-state index in [1.807, 2.05) is 0 Å². The highest BCUT2D eigenvalue weighted by atomic mass is 16.6. The topological polar surface area (TPSA) is 126 Å². The van der Waals surface area contributed by atoms with Crippen molar-refractivity contribution in [1.82, 2.24) is 20.9 Å². The zero-order chi connectivity index (χ0) is 21.2. The van der Waals surface area contributed by atoms with Crippen molar-refractivity contribution in [2.45, 2.75) is 32.4 Å². The molecular weight excluding hydrogens is 380 g/mol. The van der Waals surface area contributed by atoms with Gasteiger partial charge in [-0.2, -0.15) is 0 Å². The predicted molar refractivity (Wildman–Crippen MR) is 101 cm³/mol. The van der Waals surface area contributed by atoms with Crippen molar-refractivity contribution in [3.05, 3.63) is 23.8 Å². The van der Waals surface area contributed by atoms with Gasteiger partial charge in [-0.1, -0.05) is 6.07 Å². The Balaban J connectivity index is 1.67. The lowest BCUT2D eigenvalue weighted by atomic mass is 9.91. The van der Waals surface area contributed by atoms with Crippen LogP contribution in [-0.2, 0) is 19.9 Å². The van der Waals surface area contributed by atoms with E-state index in [-0.39, 0.29) is 18.5 Å². The summed E-state index contributed by atoms with van der Waals surface area (Å²) in [5, 5.41) is 7.67. The zero-order valence-corrected chi connectivity index (χ0v) is 16.5. The number of benzene rings is 1. The van der Waals surface area contributed by atoms with Gasteiger partial charge in [0.1, 0.15) is 25.3 Å². The number of imide groups is 1.